The SMILES string of the molecule is Cc1cccc(-c2nnc(-c3ccc(C(=O)NCCC(=O)N4CCc5sccc5C4)cc3)o2)c1. The van der Waals surface area contributed by atoms with Gasteiger partial charge in [-0.1, -0.05) is 17.7 Å². The molecule has 0 spiro atoms. The fraction of sp³-hybridized carbons (Fsp3) is 0.231. The van der Waals surface area contributed by atoms with E-state index in [1.165, 1.54) is 10.4 Å². The molecule has 8 heteroatoms. The molecule has 7 nitrogen and oxygen atoms in total. The second-order valence-electron chi connectivity index (χ2n) is 8.30. The van der Waals surface area contributed by atoms with E-state index in [1.807, 2.05) is 36.1 Å². The topological polar surface area (TPSA) is 88.3 Å². The molecule has 1 aliphatic heterocycles. The second-order valence-corrected chi connectivity index (χ2v) is 9.30. The third-order valence-electron chi connectivity index (χ3n) is 5.87. The summed E-state index contributed by atoms with van der Waals surface area (Å²) in [5.41, 5.74) is 4.46. The number of rotatable bonds is 6. The lowest BCUT2D eigenvalue weighted by molar-refractivity contribution is -0.131. The van der Waals surface area contributed by atoms with Gasteiger partial charge in [0.25, 0.3) is 5.91 Å². The van der Waals surface area contributed by atoms with Crippen molar-refractivity contribution in [2.45, 2.75) is 26.3 Å². The van der Waals surface area contributed by atoms with Crippen LogP contribution in [0.2, 0.25) is 0 Å². The standard InChI is InChI=1S/C26H24N4O3S/c1-17-3-2-4-20(15-17)26-29-28-25(33-26)19-7-5-18(6-8-19)24(32)27-12-9-23(31)30-13-10-22-21(16-30)11-14-34-22/h2-8,11,14-15H,9-10,12-13,16H2,1H3,(H,27,32). The number of nitrogens with one attached hydrogen (secondary N) is 1. The molecule has 4 aromatic rings. The number of hydrogen-bond acceptors (Lipinski definition) is 6. The van der Waals surface area contributed by atoms with Crippen molar-refractivity contribution in [3.8, 4) is 22.9 Å². The first-order valence-electron chi connectivity index (χ1n) is 11.2. The van der Waals surface area contributed by atoms with Gasteiger partial charge in [0.15, 0.2) is 0 Å². The minimum atomic E-state index is -0.218. The highest BCUT2D eigenvalue weighted by Crippen LogP contribution is 2.25. The van der Waals surface area contributed by atoms with Crippen molar-refractivity contribution >= 4 is 23.2 Å². The Labute approximate surface area is 201 Å². The smallest absolute Gasteiger partial charge is 0.251 e. The Morgan fingerprint density at radius 2 is 1.85 bits per heavy atom. The lowest BCUT2D eigenvalue weighted by atomic mass is 10.1. The highest BCUT2D eigenvalue weighted by Gasteiger charge is 2.21. The predicted molar refractivity (Wildman–Crippen MR) is 130 cm³/mol. The molecule has 1 aliphatic rings. The first-order chi connectivity index (χ1) is 16.6. The van der Waals surface area contributed by atoms with Gasteiger partial charge in [0.05, 0.1) is 0 Å². The van der Waals surface area contributed by atoms with Gasteiger partial charge in [0.2, 0.25) is 17.7 Å². The molecule has 0 bridgehead atoms. The van der Waals surface area contributed by atoms with Crippen LogP contribution >= 0.6 is 11.3 Å². The molecule has 0 saturated heterocycles. The Kier molecular flexibility index (Phi) is 6.22. The molecule has 0 unspecified atom stereocenters. The number of benzene rings is 2. The van der Waals surface area contributed by atoms with Gasteiger partial charge in [-0.2, -0.15) is 0 Å². The molecular formula is C26H24N4O3S. The molecule has 0 aliphatic carbocycles. The molecule has 0 fully saturated rings. The van der Waals surface area contributed by atoms with Gasteiger partial charge in [-0.3, -0.25) is 9.59 Å². The lowest BCUT2D eigenvalue weighted by Gasteiger charge is -2.27. The highest BCUT2D eigenvalue weighted by atomic mass is 32.1. The van der Waals surface area contributed by atoms with Crippen molar-refractivity contribution in [2.75, 3.05) is 13.1 Å². The van der Waals surface area contributed by atoms with Crippen molar-refractivity contribution in [2.24, 2.45) is 0 Å². The van der Waals surface area contributed by atoms with Crippen LogP contribution in [0.25, 0.3) is 22.9 Å². The summed E-state index contributed by atoms with van der Waals surface area (Å²) in [7, 11) is 0. The molecule has 0 saturated carbocycles. The molecular weight excluding hydrogens is 448 g/mol. The number of aryl methyl sites for hydroxylation is 1. The average Bonchev–Trinajstić information content (AvgIpc) is 3.53. The summed E-state index contributed by atoms with van der Waals surface area (Å²) in [6.07, 6.45) is 1.19. The van der Waals surface area contributed by atoms with Crippen LogP contribution in [-0.2, 0) is 17.8 Å². The number of carbonyl (C=O) groups excluding carboxylic acids is 2. The molecule has 172 valence electrons. The largest absolute Gasteiger partial charge is 0.416 e. The fourth-order valence-electron chi connectivity index (χ4n) is 4.00. The van der Waals surface area contributed by atoms with E-state index in [9.17, 15) is 9.59 Å². The van der Waals surface area contributed by atoms with Crippen LogP contribution in [0.15, 0.2) is 64.4 Å². The Morgan fingerprint density at radius 3 is 2.65 bits per heavy atom. The summed E-state index contributed by atoms with van der Waals surface area (Å²) >= 11 is 1.75. The highest BCUT2D eigenvalue weighted by molar-refractivity contribution is 7.10. The van der Waals surface area contributed by atoms with Gasteiger partial charge in [-0.15, -0.1) is 21.5 Å². The summed E-state index contributed by atoms with van der Waals surface area (Å²) in [5.74, 6) is 0.691. The van der Waals surface area contributed by atoms with Crippen molar-refractivity contribution in [1.82, 2.24) is 20.4 Å². The predicted octanol–water partition coefficient (Wildman–Crippen LogP) is 4.48. The van der Waals surface area contributed by atoms with E-state index in [0.717, 1.165) is 29.7 Å². The van der Waals surface area contributed by atoms with E-state index >= 15 is 0 Å². The van der Waals surface area contributed by atoms with Gasteiger partial charge >= 0.3 is 0 Å². The number of fused-ring (bicyclic) bond motifs is 1. The van der Waals surface area contributed by atoms with E-state index in [0.29, 0.717) is 30.4 Å². The monoisotopic (exact) mass is 472 g/mol. The number of hydrogen-bond donors (Lipinski definition) is 1. The zero-order chi connectivity index (χ0) is 23.5. The van der Waals surface area contributed by atoms with E-state index in [-0.39, 0.29) is 18.2 Å². The molecule has 2 aromatic carbocycles. The Hall–Kier alpha value is -3.78. The average molecular weight is 473 g/mol. The summed E-state index contributed by atoms with van der Waals surface area (Å²) in [4.78, 5) is 28.3. The second kappa shape index (κ2) is 9.61. The molecule has 0 radical (unpaired) electrons. The van der Waals surface area contributed by atoms with Crippen LogP contribution in [0, 0.1) is 6.92 Å². The van der Waals surface area contributed by atoms with Crippen molar-refractivity contribution in [3.63, 3.8) is 0 Å². The van der Waals surface area contributed by atoms with Crippen LogP contribution < -0.4 is 5.32 Å². The van der Waals surface area contributed by atoms with E-state index in [4.69, 9.17) is 4.42 Å². The number of nitrogens with zero attached hydrogens (tertiary/aromatic N) is 3. The Balaban J connectivity index is 1.14. The van der Waals surface area contributed by atoms with Gasteiger partial charge < -0.3 is 14.6 Å². The number of aromatic nitrogens is 2. The van der Waals surface area contributed by atoms with Gasteiger partial charge in [-0.25, -0.2) is 0 Å². The molecule has 2 amide bonds. The molecule has 3 heterocycles. The zero-order valence-electron chi connectivity index (χ0n) is 18.8. The van der Waals surface area contributed by atoms with E-state index in [1.54, 1.807) is 35.6 Å². The first kappa shape index (κ1) is 22.0. The molecule has 34 heavy (non-hydrogen) atoms. The van der Waals surface area contributed by atoms with Crippen LogP contribution in [0.1, 0.15) is 32.8 Å². The van der Waals surface area contributed by atoms with Crippen molar-refractivity contribution in [3.05, 3.63) is 81.5 Å². The first-order valence-corrected chi connectivity index (χ1v) is 12.1. The Bertz CT molecular complexity index is 1330. The number of thiophene rings is 1. The van der Waals surface area contributed by atoms with Crippen molar-refractivity contribution in [1.29, 1.82) is 0 Å². The maximum Gasteiger partial charge on any atom is 0.251 e. The summed E-state index contributed by atoms with van der Waals surface area (Å²) in [6, 6.07) is 16.9. The summed E-state index contributed by atoms with van der Waals surface area (Å²) < 4.78 is 5.81. The van der Waals surface area contributed by atoms with Crippen LogP contribution in [0.4, 0.5) is 0 Å². The fourth-order valence-corrected chi connectivity index (χ4v) is 4.89. The number of amides is 2. The quantitative estimate of drug-likeness (QED) is 0.447. The van der Waals surface area contributed by atoms with Gasteiger partial charge in [0, 0.05) is 47.6 Å². The van der Waals surface area contributed by atoms with Crippen LogP contribution in [0.3, 0.4) is 0 Å². The van der Waals surface area contributed by atoms with Crippen molar-refractivity contribution < 1.29 is 14.0 Å². The van der Waals surface area contributed by atoms with Gasteiger partial charge in [0.1, 0.15) is 0 Å². The van der Waals surface area contributed by atoms with Gasteiger partial charge in [-0.05, 0) is 66.8 Å². The maximum atomic E-state index is 12.5. The molecule has 5 rings (SSSR count). The van der Waals surface area contributed by atoms with Crippen LogP contribution in [-0.4, -0.2) is 40.0 Å². The molecule has 0 atom stereocenters. The molecule has 1 N–H and O–H groups in total. The Morgan fingerprint density at radius 1 is 1.06 bits per heavy atom. The minimum absolute atomic E-state index is 0.0632. The third-order valence-corrected chi connectivity index (χ3v) is 6.89. The maximum absolute atomic E-state index is 12.5. The minimum Gasteiger partial charge on any atom is -0.416 e. The zero-order valence-corrected chi connectivity index (χ0v) is 19.6. The summed E-state index contributed by atoms with van der Waals surface area (Å²) in [6.45, 7) is 3.71. The van der Waals surface area contributed by atoms with E-state index in [2.05, 4.69) is 27.0 Å². The van der Waals surface area contributed by atoms with Crippen LogP contribution in [0.5, 0.6) is 0 Å². The lowest BCUT2D eigenvalue weighted by Crippen LogP contribution is -2.37. The van der Waals surface area contributed by atoms with E-state index < -0.39 is 0 Å². The third kappa shape index (κ3) is 4.77. The summed E-state index contributed by atoms with van der Waals surface area (Å²) in [5, 5.41) is 13.2. The molecule has 2 aromatic heterocycles. The number of carbonyl (C=O) groups is 2. The normalized spacial score (nSPS) is 12.9.